The van der Waals surface area contributed by atoms with Gasteiger partial charge >= 0.3 is 5.97 Å². The largest absolute Gasteiger partial charge is 0.481 e. The minimum Gasteiger partial charge on any atom is -0.481 e. The molecule has 1 aromatic rings. The Kier molecular flexibility index (Phi) is 4.28. The van der Waals surface area contributed by atoms with Crippen molar-refractivity contribution in [1.82, 2.24) is 0 Å². The van der Waals surface area contributed by atoms with Crippen molar-refractivity contribution in [3.05, 3.63) is 30.1 Å². The first-order chi connectivity index (χ1) is 7.50. The highest BCUT2D eigenvalue weighted by molar-refractivity contribution is 5.67. The second-order valence-electron chi connectivity index (χ2n) is 3.91. The molecule has 16 heavy (non-hydrogen) atoms. The Hall–Kier alpha value is -1.58. The molecule has 1 aromatic carbocycles. The van der Waals surface area contributed by atoms with Gasteiger partial charge < -0.3 is 10.0 Å². The Balaban J connectivity index is 2.81. The third-order valence-electron chi connectivity index (χ3n) is 2.33. The lowest BCUT2D eigenvalue weighted by atomic mass is 10.2. The maximum atomic E-state index is 13.0. The van der Waals surface area contributed by atoms with Crippen molar-refractivity contribution in [2.45, 2.75) is 26.3 Å². The highest BCUT2D eigenvalue weighted by Gasteiger charge is 2.12. The summed E-state index contributed by atoms with van der Waals surface area (Å²) in [6, 6.07) is 6.34. The molecule has 0 spiro atoms. The van der Waals surface area contributed by atoms with Crippen molar-refractivity contribution in [1.29, 1.82) is 0 Å². The van der Waals surface area contributed by atoms with E-state index in [0.29, 0.717) is 6.54 Å². The van der Waals surface area contributed by atoms with E-state index in [0.717, 1.165) is 5.69 Å². The second-order valence-corrected chi connectivity index (χ2v) is 3.91. The average molecular weight is 225 g/mol. The van der Waals surface area contributed by atoms with E-state index in [-0.39, 0.29) is 18.3 Å². The van der Waals surface area contributed by atoms with Crippen LogP contribution in [0.2, 0.25) is 0 Å². The number of hydrogen-bond acceptors (Lipinski definition) is 2. The fourth-order valence-electron chi connectivity index (χ4n) is 1.56. The van der Waals surface area contributed by atoms with Crippen molar-refractivity contribution < 1.29 is 14.3 Å². The van der Waals surface area contributed by atoms with Gasteiger partial charge in [-0.25, -0.2) is 4.39 Å². The van der Waals surface area contributed by atoms with E-state index >= 15 is 0 Å². The normalized spacial score (nSPS) is 10.5. The summed E-state index contributed by atoms with van der Waals surface area (Å²) in [7, 11) is 0. The van der Waals surface area contributed by atoms with Crippen molar-refractivity contribution in [2.75, 3.05) is 11.4 Å². The number of halogens is 1. The molecule has 0 heterocycles. The van der Waals surface area contributed by atoms with Gasteiger partial charge in [0.05, 0.1) is 6.42 Å². The lowest BCUT2D eigenvalue weighted by Gasteiger charge is -2.28. The fraction of sp³-hybridized carbons (Fsp3) is 0.417. The van der Waals surface area contributed by atoms with Gasteiger partial charge in [-0.1, -0.05) is 6.07 Å². The number of carboxylic acid groups (broad SMARTS) is 1. The van der Waals surface area contributed by atoms with E-state index in [9.17, 15) is 9.18 Å². The summed E-state index contributed by atoms with van der Waals surface area (Å²) in [5.74, 6) is -1.15. The number of benzene rings is 1. The molecule has 0 unspecified atom stereocenters. The highest BCUT2D eigenvalue weighted by Crippen LogP contribution is 2.18. The summed E-state index contributed by atoms with van der Waals surface area (Å²) in [5, 5.41) is 8.64. The maximum absolute atomic E-state index is 13.0. The van der Waals surface area contributed by atoms with Crippen LogP contribution in [0.15, 0.2) is 24.3 Å². The van der Waals surface area contributed by atoms with Crippen LogP contribution in [0.4, 0.5) is 10.1 Å². The molecule has 4 heteroatoms. The molecule has 0 fully saturated rings. The Morgan fingerprint density at radius 1 is 1.50 bits per heavy atom. The number of carboxylic acids is 1. The third-order valence-corrected chi connectivity index (χ3v) is 2.33. The lowest BCUT2D eigenvalue weighted by Crippen LogP contribution is -2.32. The molecule has 0 atom stereocenters. The first kappa shape index (κ1) is 12.5. The van der Waals surface area contributed by atoms with E-state index in [4.69, 9.17) is 5.11 Å². The van der Waals surface area contributed by atoms with Crippen LogP contribution in [-0.2, 0) is 4.79 Å². The summed E-state index contributed by atoms with van der Waals surface area (Å²) < 4.78 is 13.0. The number of rotatable bonds is 5. The third kappa shape index (κ3) is 3.53. The van der Waals surface area contributed by atoms with E-state index in [1.807, 2.05) is 18.7 Å². The Bertz CT molecular complexity index is 366. The Morgan fingerprint density at radius 2 is 2.19 bits per heavy atom. The minimum absolute atomic E-state index is 0.0503. The summed E-state index contributed by atoms with van der Waals surface area (Å²) >= 11 is 0. The van der Waals surface area contributed by atoms with Crippen molar-refractivity contribution >= 4 is 11.7 Å². The van der Waals surface area contributed by atoms with Gasteiger partial charge in [-0.2, -0.15) is 0 Å². The maximum Gasteiger partial charge on any atom is 0.305 e. The van der Waals surface area contributed by atoms with Crippen LogP contribution in [0, 0.1) is 5.82 Å². The lowest BCUT2D eigenvalue weighted by molar-refractivity contribution is -0.136. The van der Waals surface area contributed by atoms with Crippen LogP contribution in [0.3, 0.4) is 0 Å². The van der Waals surface area contributed by atoms with E-state index in [1.165, 1.54) is 12.1 Å². The summed E-state index contributed by atoms with van der Waals surface area (Å²) in [6.45, 7) is 4.29. The number of carbonyl (C=O) groups is 1. The standard InChI is InChI=1S/C12H16FNO2/c1-9(2)14(7-6-12(15)16)11-5-3-4-10(13)8-11/h3-5,8-9H,6-7H2,1-2H3,(H,15,16). The molecular weight excluding hydrogens is 209 g/mol. The van der Waals surface area contributed by atoms with Crippen molar-refractivity contribution in [2.24, 2.45) is 0 Å². The molecule has 0 aliphatic heterocycles. The second kappa shape index (κ2) is 5.49. The first-order valence-corrected chi connectivity index (χ1v) is 5.24. The van der Waals surface area contributed by atoms with Crippen LogP contribution in [0.5, 0.6) is 0 Å². The zero-order valence-corrected chi connectivity index (χ0v) is 9.48. The smallest absolute Gasteiger partial charge is 0.305 e. The zero-order chi connectivity index (χ0) is 12.1. The van der Waals surface area contributed by atoms with Crippen LogP contribution in [0.25, 0.3) is 0 Å². The van der Waals surface area contributed by atoms with Gasteiger partial charge in [0.25, 0.3) is 0 Å². The van der Waals surface area contributed by atoms with Crippen LogP contribution in [-0.4, -0.2) is 23.7 Å². The van der Waals surface area contributed by atoms with Crippen molar-refractivity contribution in [3.63, 3.8) is 0 Å². The zero-order valence-electron chi connectivity index (χ0n) is 9.48. The molecule has 0 aromatic heterocycles. The summed E-state index contributed by atoms with van der Waals surface area (Å²) in [4.78, 5) is 12.4. The highest BCUT2D eigenvalue weighted by atomic mass is 19.1. The van der Waals surface area contributed by atoms with E-state index < -0.39 is 5.97 Å². The predicted octanol–water partition coefficient (Wildman–Crippen LogP) is 2.52. The quantitative estimate of drug-likeness (QED) is 0.837. The molecule has 0 saturated heterocycles. The molecule has 1 rings (SSSR count). The van der Waals surface area contributed by atoms with Crippen molar-refractivity contribution in [3.8, 4) is 0 Å². The van der Waals surface area contributed by atoms with Gasteiger partial charge in [0, 0.05) is 18.3 Å². The Morgan fingerprint density at radius 3 is 2.69 bits per heavy atom. The van der Waals surface area contributed by atoms with Crippen LogP contribution < -0.4 is 4.90 Å². The average Bonchev–Trinajstić information content (AvgIpc) is 2.17. The summed E-state index contributed by atoms with van der Waals surface area (Å²) in [5.41, 5.74) is 0.719. The van der Waals surface area contributed by atoms with Crippen LogP contribution in [0.1, 0.15) is 20.3 Å². The SMILES string of the molecule is CC(C)N(CCC(=O)O)c1cccc(F)c1. The number of nitrogens with zero attached hydrogens (tertiary/aromatic N) is 1. The number of aliphatic carboxylic acids is 1. The summed E-state index contributed by atoms with van der Waals surface area (Å²) in [6.07, 6.45) is 0.0503. The number of hydrogen-bond donors (Lipinski definition) is 1. The molecule has 3 nitrogen and oxygen atoms in total. The van der Waals surface area contributed by atoms with Gasteiger partial charge in [0.2, 0.25) is 0 Å². The minimum atomic E-state index is -0.845. The molecule has 0 amide bonds. The topological polar surface area (TPSA) is 40.5 Å². The molecule has 0 aliphatic rings. The number of anilines is 1. The Labute approximate surface area is 94.5 Å². The monoisotopic (exact) mass is 225 g/mol. The van der Waals surface area contributed by atoms with Gasteiger partial charge in [-0.15, -0.1) is 0 Å². The van der Waals surface area contributed by atoms with Gasteiger partial charge in [-0.05, 0) is 32.0 Å². The molecule has 0 bridgehead atoms. The molecule has 0 radical (unpaired) electrons. The van der Waals surface area contributed by atoms with Gasteiger partial charge in [0.15, 0.2) is 0 Å². The molecule has 0 saturated carbocycles. The molecule has 88 valence electrons. The van der Waals surface area contributed by atoms with Gasteiger partial charge in [-0.3, -0.25) is 4.79 Å². The fourth-order valence-corrected chi connectivity index (χ4v) is 1.56. The van der Waals surface area contributed by atoms with Gasteiger partial charge in [0.1, 0.15) is 5.82 Å². The van der Waals surface area contributed by atoms with E-state index in [2.05, 4.69) is 0 Å². The van der Waals surface area contributed by atoms with E-state index in [1.54, 1.807) is 12.1 Å². The van der Waals surface area contributed by atoms with Crippen LogP contribution >= 0.6 is 0 Å². The molecular formula is C12H16FNO2. The predicted molar refractivity (Wildman–Crippen MR) is 61.1 cm³/mol. The molecule has 1 N–H and O–H groups in total. The first-order valence-electron chi connectivity index (χ1n) is 5.24. The molecule has 0 aliphatic carbocycles.